The van der Waals surface area contributed by atoms with Gasteiger partial charge in [0.2, 0.25) is 5.91 Å². The Hall–Kier alpha value is -1.04. The second kappa shape index (κ2) is 6.44. The fourth-order valence-corrected chi connectivity index (χ4v) is 1.52. The van der Waals surface area contributed by atoms with E-state index in [2.05, 4.69) is 25.2 Å². The van der Waals surface area contributed by atoms with E-state index in [1.807, 2.05) is 20.8 Å². The number of hydrogen-bond donors (Lipinski definition) is 1. The Bertz CT molecular complexity index is 240. The van der Waals surface area contributed by atoms with Gasteiger partial charge in [-0.2, -0.15) is 5.26 Å². The third-order valence-electron chi connectivity index (χ3n) is 2.66. The third kappa shape index (κ3) is 4.33. The Morgan fingerprint density at radius 1 is 1.27 bits per heavy atom. The van der Waals surface area contributed by atoms with Crippen LogP contribution in [0.2, 0.25) is 0 Å². The number of nitrogens with one attached hydrogen (secondary N) is 1. The van der Waals surface area contributed by atoms with Crippen molar-refractivity contribution in [1.29, 1.82) is 5.26 Å². The van der Waals surface area contributed by atoms with Crippen molar-refractivity contribution in [1.82, 2.24) is 5.32 Å². The van der Waals surface area contributed by atoms with Gasteiger partial charge in [0.05, 0.1) is 6.07 Å². The van der Waals surface area contributed by atoms with Gasteiger partial charge in [0.1, 0.15) is 5.92 Å². The molecule has 0 heterocycles. The van der Waals surface area contributed by atoms with Gasteiger partial charge in [-0.05, 0) is 18.3 Å². The van der Waals surface area contributed by atoms with Crippen molar-refractivity contribution in [3.05, 3.63) is 0 Å². The molecule has 2 atom stereocenters. The van der Waals surface area contributed by atoms with Crippen molar-refractivity contribution in [2.24, 2.45) is 17.8 Å². The van der Waals surface area contributed by atoms with Gasteiger partial charge in [-0.15, -0.1) is 0 Å². The Morgan fingerprint density at radius 2 is 1.80 bits per heavy atom. The van der Waals surface area contributed by atoms with Gasteiger partial charge in [-0.3, -0.25) is 4.79 Å². The van der Waals surface area contributed by atoms with Crippen molar-refractivity contribution in [2.45, 2.75) is 47.1 Å². The van der Waals surface area contributed by atoms with Crippen LogP contribution in [0.5, 0.6) is 0 Å². The normalized spacial score (nSPS) is 14.8. The number of nitrogens with zero attached hydrogens (tertiary/aromatic N) is 1. The van der Waals surface area contributed by atoms with Gasteiger partial charge in [-0.1, -0.05) is 34.6 Å². The molecule has 0 saturated carbocycles. The number of rotatable bonds is 5. The molecular weight excluding hydrogens is 188 g/mol. The van der Waals surface area contributed by atoms with E-state index in [0.717, 1.165) is 6.42 Å². The molecule has 0 aliphatic rings. The highest BCUT2D eigenvalue weighted by Crippen LogP contribution is 2.12. The number of nitriles is 1. The molecule has 0 aliphatic carbocycles. The fourth-order valence-electron chi connectivity index (χ4n) is 1.52. The van der Waals surface area contributed by atoms with Crippen LogP contribution in [0, 0.1) is 29.1 Å². The van der Waals surface area contributed by atoms with Crippen LogP contribution in [-0.2, 0) is 4.79 Å². The summed E-state index contributed by atoms with van der Waals surface area (Å²) >= 11 is 0. The molecule has 15 heavy (non-hydrogen) atoms. The molecule has 1 N–H and O–H groups in total. The average molecular weight is 210 g/mol. The first-order valence-electron chi connectivity index (χ1n) is 5.64. The minimum atomic E-state index is -0.530. The predicted octanol–water partition coefficient (Wildman–Crippen LogP) is 2.33. The lowest BCUT2D eigenvalue weighted by Crippen LogP contribution is -2.42. The van der Waals surface area contributed by atoms with Crippen molar-refractivity contribution in [3.63, 3.8) is 0 Å². The van der Waals surface area contributed by atoms with Gasteiger partial charge >= 0.3 is 0 Å². The van der Waals surface area contributed by atoms with E-state index in [1.165, 1.54) is 0 Å². The predicted molar refractivity (Wildman–Crippen MR) is 61.0 cm³/mol. The van der Waals surface area contributed by atoms with Crippen molar-refractivity contribution < 1.29 is 4.79 Å². The first-order chi connectivity index (χ1) is 6.93. The van der Waals surface area contributed by atoms with E-state index in [4.69, 9.17) is 5.26 Å². The second-order valence-electron chi connectivity index (χ2n) is 4.62. The fraction of sp³-hybridized carbons (Fsp3) is 0.833. The lowest BCUT2D eigenvalue weighted by atomic mass is 9.94. The summed E-state index contributed by atoms with van der Waals surface area (Å²) in [7, 11) is 0. The second-order valence-corrected chi connectivity index (χ2v) is 4.62. The molecule has 0 aliphatic heterocycles. The standard InChI is InChI=1S/C12H22N2O/c1-6-11(9(4)5)14-12(15)10(7-13)8(2)3/h8-11H,6H2,1-5H3,(H,14,15). The highest BCUT2D eigenvalue weighted by atomic mass is 16.1. The van der Waals surface area contributed by atoms with Crippen LogP contribution < -0.4 is 5.32 Å². The van der Waals surface area contributed by atoms with E-state index in [0.29, 0.717) is 5.92 Å². The van der Waals surface area contributed by atoms with E-state index >= 15 is 0 Å². The van der Waals surface area contributed by atoms with Crippen molar-refractivity contribution >= 4 is 5.91 Å². The molecule has 3 heteroatoms. The average Bonchev–Trinajstić information content (AvgIpc) is 2.14. The van der Waals surface area contributed by atoms with Gasteiger partial charge < -0.3 is 5.32 Å². The first-order valence-corrected chi connectivity index (χ1v) is 5.64. The largest absolute Gasteiger partial charge is 0.352 e. The van der Waals surface area contributed by atoms with E-state index in [-0.39, 0.29) is 17.9 Å². The summed E-state index contributed by atoms with van der Waals surface area (Å²) in [5, 5.41) is 11.8. The monoisotopic (exact) mass is 210 g/mol. The van der Waals surface area contributed by atoms with Crippen LogP contribution >= 0.6 is 0 Å². The molecule has 3 nitrogen and oxygen atoms in total. The first kappa shape index (κ1) is 14.0. The van der Waals surface area contributed by atoms with Crippen LogP contribution in [0.3, 0.4) is 0 Å². The maximum atomic E-state index is 11.8. The molecule has 0 aromatic carbocycles. The topological polar surface area (TPSA) is 52.9 Å². The molecule has 0 aromatic rings. The molecule has 86 valence electrons. The number of carbonyl (C=O) groups excluding carboxylic acids is 1. The smallest absolute Gasteiger partial charge is 0.237 e. The summed E-state index contributed by atoms with van der Waals surface area (Å²) in [5.74, 6) is -0.184. The van der Waals surface area contributed by atoms with Gasteiger partial charge in [-0.25, -0.2) is 0 Å². The number of amides is 1. The lowest BCUT2D eigenvalue weighted by Gasteiger charge is -2.23. The summed E-state index contributed by atoms with van der Waals surface area (Å²) in [6.07, 6.45) is 0.902. The van der Waals surface area contributed by atoms with Crippen LogP contribution in [-0.4, -0.2) is 11.9 Å². The van der Waals surface area contributed by atoms with E-state index in [1.54, 1.807) is 0 Å². The Balaban J connectivity index is 4.40. The third-order valence-corrected chi connectivity index (χ3v) is 2.66. The quantitative estimate of drug-likeness (QED) is 0.757. The Labute approximate surface area is 92.9 Å². The highest BCUT2D eigenvalue weighted by molar-refractivity contribution is 5.81. The maximum Gasteiger partial charge on any atom is 0.237 e. The molecule has 1 amide bonds. The molecule has 0 rings (SSSR count). The van der Waals surface area contributed by atoms with Crippen molar-refractivity contribution in [2.75, 3.05) is 0 Å². The van der Waals surface area contributed by atoms with E-state index < -0.39 is 5.92 Å². The SMILES string of the molecule is CCC(NC(=O)C(C#N)C(C)C)C(C)C. The molecule has 0 bridgehead atoms. The molecule has 0 spiro atoms. The zero-order chi connectivity index (χ0) is 12.0. The maximum absolute atomic E-state index is 11.8. The number of hydrogen-bond acceptors (Lipinski definition) is 2. The summed E-state index contributed by atoms with van der Waals surface area (Å²) in [6, 6.07) is 2.23. The zero-order valence-corrected chi connectivity index (χ0v) is 10.4. The summed E-state index contributed by atoms with van der Waals surface area (Å²) in [5.41, 5.74) is 0. The molecule has 0 radical (unpaired) electrons. The lowest BCUT2D eigenvalue weighted by molar-refractivity contribution is -0.125. The minimum Gasteiger partial charge on any atom is -0.352 e. The molecule has 0 fully saturated rings. The zero-order valence-electron chi connectivity index (χ0n) is 10.4. The Kier molecular flexibility index (Phi) is 6.00. The molecular formula is C12H22N2O. The van der Waals surface area contributed by atoms with Gasteiger partial charge in [0, 0.05) is 6.04 Å². The van der Waals surface area contributed by atoms with Gasteiger partial charge in [0.25, 0.3) is 0 Å². The molecule has 0 saturated heterocycles. The van der Waals surface area contributed by atoms with Crippen LogP contribution in [0.1, 0.15) is 41.0 Å². The summed E-state index contributed by atoms with van der Waals surface area (Å²) in [4.78, 5) is 11.8. The van der Waals surface area contributed by atoms with Gasteiger partial charge in [0.15, 0.2) is 0 Å². The minimum absolute atomic E-state index is 0.0691. The van der Waals surface area contributed by atoms with Crippen molar-refractivity contribution in [3.8, 4) is 6.07 Å². The molecule has 0 aromatic heterocycles. The molecule has 2 unspecified atom stereocenters. The van der Waals surface area contributed by atoms with E-state index in [9.17, 15) is 4.79 Å². The number of carbonyl (C=O) groups is 1. The van der Waals surface area contributed by atoms with Crippen LogP contribution in [0.4, 0.5) is 0 Å². The highest BCUT2D eigenvalue weighted by Gasteiger charge is 2.24. The summed E-state index contributed by atoms with van der Waals surface area (Å²) < 4.78 is 0. The Morgan fingerprint density at radius 3 is 2.07 bits per heavy atom. The summed E-state index contributed by atoms with van der Waals surface area (Å²) in [6.45, 7) is 9.98. The van der Waals surface area contributed by atoms with Crippen LogP contribution in [0.15, 0.2) is 0 Å². The van der Waals surface area contributed by atoms with Crippen LogP contribution in [0.25, 0.3) is 0 Å².